The highest BCUT2D eigenvalue weighted by molar-refractivity contribution is 7.21. The summed E-state index contributed by atoms with van der Waals surface area (Å²) >= 11 is 1.40. The quantitative estimate of drug-likeness (QED) is 0.662. The maximum atomic E-state index is 12.0. The molecule has 2 aromatic carbocycles. The third-order valence-electron chi connectivity index (χ3n) is 3.39. The number of rotatable bonds is 4. The van der Waals surface area contributed by atoms with E-state index < -0.39 is 0 Å². The zero-order valence-electron chi connectivity index (χ0n) is 12.5. The molecule has 0 saturated heterocycles. The van der Waals surface area contributed by atoms with Crippen LogP contribution in [0.2, 0.25) is 0 Å². The number of hydrogen-bond acceptors (Lipinski definition) is 4. The van der Waals surface area contributed by atoms with Crippen LogP contribution < -0.4 is 4.74 Å². The minimum atomic E-state index is -0.359. The third kappa shape index (κ3) is 2.83. The van der Waals surface area contributed by atoms with Crippen molar-refractivity contribution < 1.29 is 14.3 Å². The van der Waals surface area contributed by atoms with E-state index in [1.807, 2.05) is 55.5 Å². The number of esters is 1. The maximum Gasteiger partial charge on any atom is 0.351 e. The molecule has 3 nitrogen and oxygen atoms in total. The summed E-state index contributed by atoms with van der Waals surface area (Å²) < 4.78 is 11.9. The predicted octanol–water partition coefficient (Wildman–Crippen LogP) is 4.58. The predicted molar refractivity (Wildman–Crippen MR) is 88.7 cm³/mol. The molecule has 112 valence electrons. The number of ether oxygens (including phenoxy) is 2. The first-order valence-electron chi connectivity index (χ1n) is 6.97. The van der Waals surface area contributed by atoms with Crippen LogP contribution in [0.4, 0.5) is 0 Å². The largest absolute Gasteiger partial charge is 0.486 e. The van der Waals surface area contributed by atoms with Crippen LogP contribution in [0.15, 0.2) is 48.5 Å². The Balaban J connectivity index is 2.01. The van der Waals surface area contributed by atoms with Crippen molar-refractivity contribution in [3.05, 3.63) is 64.5 Å². The van der Waals surface area contributed by atoms with E-state index in [9.17, 15) is 4.79 Å². The summed E-state index contributed by atoms with van der Waals surface area (Å²) in [6.45, 7) is 2.44. The first-order valence-corrected chi connectivity index (χ1v) is 7.79. The fraction of sp³-hybridized carbons (Fsp3) is 0.167. The molecule has 22 heavy (non-hydrogen) atoms. The van der Waals surface area contributed by atoms with Crippen molar-refractivity contribution in [3.8, 4) is 5.75 Å². The van der Waals surface area contributed by atoms with Crippen molar-refractivity contribution in [2.45, 2.75) is 13.5 Å². The van der Waals surface area contributed by atoms with Gasteiger partial charge in [0.25, 0.3) is 0 Å². The van der Waals surface area contributed by atoms with Crippen LogP contribution >= 0.6 is 11.3 Å². The molecule has 0 N–H and O–H groups in total. The average Bonchev–Trinajstić information content (AvgIpc) is 2.91. The van der Waals surface area contributed by atoms with Gasteiger partial charge in [0.05, 0.1) is 7.11 Å². The lowest BCUT2D eigenvalue weighted by atomic mass is 10.1. The molecule has 0 radical (unpaired) electrons. The van der Waals surface area contributed by atoms with E-state index in [-0.39, 0.29) is 5.97 Å². The number of carbonyl (C=O) groups is 1. The van der Waals surface area contributed by atoms with Gasteiger partial charge in [0.15, 0.2) is 10.6 Å². The standard InChI is InChI=1S/C18H16O3S/c1-12-8-9-15-14(10-12)16(17(22-15)18(19)20-2)21-11-13-6-4-3-5-7-13/h3-10H,11H2,1-2H3. The van der Waals surface area contributed by atoms with Gasteiger partial charge in [-0.1, -0.05) is 42.0 Å². The van der Waals surface area contributed by atoms with Gasteiger partial charge in [0.2, 0.25) is 0 Å². The smallest absolute Gasteiger partial charge is 0.351 e. The fourth-order valence-corrected chi connectivity index (χ4v) is 3.33. The summed E-state index contributed by atoms with van der Waals surface area (Å²) in [5.41, 5.74) is 2.19. The van der Waals surface area contributed by atoms with Gasteiger partial charge in [0.1, 0.15) is 6.61 Å². The van der Waals surface area contributed by atoms with Crippen LogP contribution in [-0.4, -0.2) is 13.1 Å². The molecule has 0 fully saturated rings. The first kappa shape index (κ1) is 14.6. The van der Waals surface area contributed by atoms with Crippen LogP contribution in [0.25, 0.3) is 10.1 Å². The maximum absolute atomic E-state index is 12.0. The molecule has 3 rings (SSSR count). The minimum Gasteiger partial charge on any atom is -0.486 e. The van der Waals surface area contributed by atoms with Crippen molar-refractivity contribution in [1.29, 1.82) is 0 Å². The normalized spacial score (nSPS) is 10.6. The Bertz CT molecular complexity index is 806. The molecule has 0 spiro atoms. The lowest BCUT2D eigenvalue weighted by molar-refractivity contribution is 0.0602. The number of hydrogen-bond donors (Lipinski definition) is 0. The van der Waals surface area contributed by atoms with Crippen molar-refractivity contribution >= 4 is 27.4 Å². The van der Waals surface area contributed by atoms with E-state index >= 15 is 0 Å². The highest BCUT2D eigenvalue weighted by atomic mass is 32.1. The number of carbonyl (C=O) groups excluding carboxylic acids is 1. The van der Waals surface area contributed by atoms with Crippen LogP contribution in [0.1, 0.15) is 20.8 Å². The number of fused-ring (bicyclic) bond motifs is 1. The molecule has 1 aromatic heterocycles. The molecule has 0 saturated carbocycles. The van der Waals surface area contributed by atoms with Gasteiger partial charge in [-0.2, -0.15) is 0 Å². The lowest BCUT2D eigenvalue weighted by Gasteiger charge is -2.07. The highest BCUT2D eigenvalue weighted by Crippen LogP contribution is 2.39. The summed E-state index contributed by atoms with van der Waals surface area (Å²) in [6, 6.07) is 16.0. The third-order valence-corrected chi connectivity index (χ3v) is 4.53. The zero-order chi connectivity index (χ0) is 15.5. The van der Waals surface area contributed by atoms with Gasteiger partial charge in [-0.25, -0.2) is 4.79 Å². The number of benzene rings is 2. The fourth-order valence-electron chi connectivity index (χ4n) is 2.29. The molecule has 0 bridgehead atoms. The van der Waals surface area contributed by atoms with E-state index in [0.29, 0.717) is 17.2 Å². The molecule has 0 aliphatic heterocycles. The molecular formula is C18H16O3S. The summed E-state index contributed by atoms with van der Waals surface area (Å²) in [5, 5.41) is 0.960. The van der Waals surface area contributed by atoms with Crippen LogP contribution in [0.3, 0.4) is 0 Å². The van der Waals surface area contributed by atoms with E-state index in [1.165, 1.54) is 18.4 Å². The van der Waals surface area contributed by atoms with E-state index in [0.717, 1.165) is 21.2 Å². The highest BCUT2D eigenvalue weighted by Gasteiger charge is 2.20. The summed E-state index contributed by atoms with van der Waals surface area (Å²) in [6.07, 6.45) is 0. The second-order valence-corrected chi connectivity index (χ2v) is 6.08. The van der Waals surface area contributed by atoms with Crippen molar-refractivity contribution in [3.63, 3.8) is 0 Å². The molecule has 0 aliphatic rings. The van der Waals surface area contributed by atoms with Crippen molar-refractivity contribution in [2.24, 2.45) is 0 Å². The molecule has 0 aliphatic carbocycles. The van der Waals surface area contributed by atoms with E-state index in [2.05, 4.69) is 0 Å². The number of aryl methyl sites for hydroxylation is 1. The topological polar surface area (TPSA) is 35.5 Å². The Morgan fingerprint density at radius 1 is 1.14 bits per heavy atom. The second kappa shape index (κ2) is 6.20. The monoisotopic (exact) mass is 312 g/mol. The van der Waals surface area contributed by atoms with Gasteiger partial charge < -0.3 is 9.47 Å². The molecular weight excluding hydrogens is 296 g/mol. The second-order valence-electron chi connectivity index (χ2n) is 5.03. The van der Waals surface area contributed by atoms with Gasteiger partial charge in [-0.15, -0.1) is 11.3 Å². The van der Waals surface area contributed by atoms with Crippen molar-refractivity contribution in [1.82, 2.24) is 0 Å². The van der Waals surface area contributed by atoms with Gasteiger partial charge >= 0.3 is 5.97 Å². The average molecular weight is 312 g/mol. The Morgan fingerprint density at radius 3 is 2.64 bits per heavy atom. The van der Waals surface area contributed by atoms with Gasteiger partial charge in [-0.05, 0) is 24.6 Å². The Kier molecular flexibility index (Phi) is 4.11. The van der Waals surface area contributed by atoms with Gasteiger partial charge in [0, 0.05) is 10.1 Å². The first-order chi connectivity index (χ1) is 10.7. The van der Waals surface area contributed by atoms with Crippen LogP contribution in [0.5, 0.6) is 5.75 Å². The SMILES string of the molecule is COC(=O)c1sc2ccc(C)cc2c1OCc1ccccc1. The lowest BCUT2D eigenvalue weighted by Crippen LogP contribution is -2.03. The summed E-state index contributed by atoms with van der Waals surface area (Å²) in [4.78, 5) is 12.5. The molecule has 0 atom stereocenters. The molecule has 1 heterocycles. The molecule has 4 heteroatoms. The van der Waals surface area contributed by atoms with Crippen LogP contribution in [0, 0.1) is 6.92 Å². The number of methoxy groups -OCH3 is 1. The number of thiophene rings is 1. The Hall–Kier alpha value is -2.33. The minimum absolute atomic E-state index is 0.359. The Morgan fingerprint density at radius 2 is 1.91 bits per heavy atom. The van der Waals surface area contributed by atoms with Gasteiger partial charge in [-0.3, -0.25) is 0 Å². The van der Waals surface area contributed by atoms with E-state index in [1.54, 1.807) is 0 Å². The molecule has 0 amide bonds. The Labute approximate surface area is 133 Å². The molecule has 0 unspecified atom stereocenters. The van der Waals surface area contributed by atoms with Crippen molar-refractivity contribution in [2.75, 3.05) is 7.11 Å². The van der Waals surface area contributed by atoms with Crippen LogP contribution in [-0.2, 0) is 11.3 Å². The summed E-state index contributed by atoms with van der Waals surface area (Å²) in [7, 11) is 1.39. The van der Waals surface area contributed by atoms with E-state index in [4.69, 9.17) is 9.47 Å². The summed E-state index contributed by atoms with van der Waals surface area (Å²) in [5.74, 6) is 0.251. The zero-order valence-corrected chi connectivity index (χ0v) is 13.3. The molecule has 3 aromatic rings.